The molecule has 1 fully saturated rings. The van der Waals surface area contributed by atoms with E-state index in [4.69, 9.17) is 4.74 Å². The molecule has 0 aliphatic carbocycles. The van der Waals surface area contributed by atoms with Crippen molar-refractivity contribution in [2.24, 2.45) is 12.5 Å². The van der Waals surface area contributed by atoms with Crippen LogP contribution in [0.3, 0.4) is 0 Å². The van der Waals surface area contributed by atoms with E-state index in [9.17, 15) is 9.90 Å². The van der Waals surface area contributed by atoms with Crippen LogP contribution < -0.4 is 5.32 Å². The molecule has 25 heavy (non-hydrogen) atoms. The van der Waals surface area contributed by atoms with Crippen LogP contribution in [0, 0.1) is 5.41 Å². The number of aliphatic hydroxyl groups is 1. The molecule has 2 N–H and O–H groups in total. The minimum atomic E-state index is -0.919. The number of tetrazole rings is 1. The molecular formula is C17H23N5O3. The van der Waals surface area contributed by atoms with Crippen molar-refractivity contribution in [1.82, 2.24) is 25.5 Å². The van der Waals surface area contributed by atoms with Crippen LogP contribution in [0.15, 0.2) is 24.3 Å². The zero-order valence-electron chi connectivity index (χ0n) is 14.5. The summed E-state index contributed by atoms with van der Waals surface area (Å²) in [5.74, 6) is 0.189. The summed E-state index contributed by atoms with van der Waals surface area (Å²) in [4.78, 5) is 14.0. The van der Waals surface area contributed by atoms with Crippen LogP contribution in [-0.2, 0) is 16.6 Å². The second-order valence-electron chi connectivity index (χ2n) is 6.25. The van der Waals surface area contributed by atoms with Gasteiger partial charge in [0.1, 0.15) is 5.41 Å². The fourth-order valence-corrected chi connectivity index (χ4v) is 3.27. The number of benzene rings is 1. The second-order valence-corrected chi connectivity index (χ2v) is 6.25. The topological polar surface area (TPSA) is 102 Å². The smallest absolute Gasteiger partial charge is 0.315 e. The third kappa shape index (κ3) is 3.40. The van der Waals surface area contributed by atoms with E-state index in [0.717, 1.165) is 5.56 Å². The third-order valence-electron chi connectivity index (χ3n) is 4.69. The van der Waals surface area contributed by atoms with E-state index in [-0.39, 0.29) is 5.97 Å². The Kier molecular flexibility index (Phi) is 5.10. The molecule has 1 unspecified atom stereocenters. The van der Waals surface area contributed by atoms with Gasteiger partial charge in [-0.3, -0.25) is 4.79 Å². The van der Waals surface area contributed by atoms with E-state index in [0.29, 0.717) is 43.9 Å². The Morgan fingerprint density at radius 2 is 2.04 bits per heavy atom. The van der Waals surface area contributed by atoms with Gasteiger partial charge in [0.25, 0.3) is 0 Å². The maximum atomic E-state index is 12.6. The zero-order chi connectivity index (χ0) is 17.9. The highest BCUT2D eigenvalue weighted by molar-refractivity contribution is 5.78. The predicted octanol–water partition coefficient (Wildman–Crippen LogP) is 0.843. The molecule has 0 amide bonds. The molecule has 0 saturated carbocycles. The molecular weight excluding hydrogens is 322 g/mol. The lowest BCUT2D eigenvalue weighted by molar-refractivity contribution is -0.166. The van der Waals surface area contributed by atoms with Gasteiger partial charge in [0.15, 0.2) is 0 Å². The highest BCUT2D eigenvalue weighted by Gasteiger charge is 2.47. The van der Waals surface area contributed by atoms with Crippen LogP contribution >= 0.6 is 0 Å². The van der Waals surface area contributed by atoms with Crippen molar-refractivity contribution in [2.45, 2.75) is 25.9 Å². The molecule has 3 rings (SSSR count). The minimum Gasteiger partial charge on any atom is -0.465 e. The molecule has 2 aromatic rings. The molecule has 8 heteroatoms. The highest BCUT2D eigenvalue weighted by Crippen LogP contribution is 2.43. The Balaban J connectivity index is 1.86. The third-order valence-corrected chi connectivity index (χ3v) is 4.69. The molecule has 0 radical (unpaired) electrons. The summed E-state index contributed by atoms with van der Waals surface area (Å²) < 4.78 is 5.27. The summed E-state index contributed by atoms with van der Waals surface area (Å²) in [6.07, 6.45) is 0.165. The lowest BCUT2D eigenvalue weighted by atomic mass is 9.72. The fraction of sp³-hybridized carbons (Fsp3) is 0.529. The van der Waals surface area contributed by atoms with Crippen LogP contribution in [0.25, 0.3) is 11.4 Å². The Bertz CT molecular complexity index is 722. The molecule has 0 spiro atoms. The van der Waals surface area contributed by atoms with Gasteiger partial charge in [-0.2, -0.15) is 4.80 Å². The van der Waals surface area contributed by atoms with E-state index in [1.165, 1.54) is 4.80 Å². The highest BCUT2D eigenvalue weighted by atomic mass is 16.5. The lowest BCUT2D eigenvalue weighted by Gasteiger charge is -2.39. The largest absolute Gasteiger partial charge is 0.465 e. The van der Waals surface area contributed by atoms with Crippen molar-refractivity contribution in [2.75, 3.05) is 19.7 Å². The summed E-state index contributed by atoms with van der Waals surface area (Å²) in [5, 5.41) is 26.2. The number of carbonyl (C=O) groups excluding carboxylic acids is 1. The molecule has 1 aromatic heterocycles. The number of aryl methyl sites for hydroxylation is 1. The number of hydrogen-bond acceptors (Lipinski definition) is 7. The maximum absolute atomic E-state index is 12.6. The number of hydrogen-bond donors (Lipinski definition) is 2. The first-order chi connectivity index (χ1) is 12.1. The summed E-state index contributed by atoms with van der Waals surface area (Å²) in [6.45, 7) is 3.44. The number of esters is 1. The van der Waals surface area contributed by atoms with Gasteiger partial charge in [0.05, 0.1) is 19.8 Å². The number of rotatable bonds is 5. The van der Waals surface area contributed by atoms with Gasteiger partial charge < -0.3 is 15.2 Å². The SMILES string of the molecule is CCOC(=O)C1(C(O)c2ccc(-c3nnn(C)n3)cc2)CCNCC1. The second kappa shape index (κ2) is 7.28. The van der Waals surface area contributed by atoms with E-state index in [2.05, 4.69) is 20.7 Å². The Labute approximate surface area is 146 Å². The van der Waals surface area contributed by atoms with Crippen molar-refractivity contribution in [3.8, 4) is 11.4 Å². The van der Waals surface area contributed by atoms with Crippen molar-refractivity contribution >= 4 is 5.97 Å². The monoisotopic (exact) mass is 345 g/mol. The Morgan fingerprint density at radius 1 is 1.36 bits per heavy atom. The molecule has 0 bridgehead atoms. The van der Waals surface area contributed by atoms with Crippen molar-refractivity contribution < 1.29 is 14.6 Å². The van der Waals surface area contributed by atoms with Crippen LogP contribution in [0.1, 0.15) is 31.4 Å². The van der Waals surface area contributed by atoms with Crippen molar-refractivity contribution in [3.63, 3.8) is 0 Å². The summed E-state index contributed by atoms with van der Waals surface area (Å²) in [6, 6.07) is 7.27. The van der Waals surface area contributed by atoms with Gasteiger partial charge >= 0.3 is 5.97 Å². The van der Waals surface area contributed by atoms with E-state index in [1.807, 2.05) is 12.1 Å². The molecule has 1 saturated heterocycles. The number of ether oxygens (including phenoxy) is 1. The molecule has 8 nitrogen and oxygen atoms in total. The number of nitrogens with zero attached hydrogens (tertiary/aromatic N) is 4. The number of aliphatic hydroxyl groups excluding tert-OH is 1. The van der Waals surface area contributed by atoms with Gasteiger partial charge in [-0.25, -0.2) is 0 Å². The molecule has 1 aromatic carbocycles. The maximum Gasteiger partial charge on any atom is 0.315 e. The standard InChI is InChI=1S/C17H23N5O3/c1-3-25-16(24)17(8-10-18-11-9-17)14(23)12-4-6-13(7-5-12)15-19-21-22(2)20-15/h4-7,14,18,23H,3,8-11H2,1-2H3. The molecule has 134 valence electrons. The van der Waals surface area contributed by atoms with Crippen LogP contribution in [0.5, 0.6) is 0 Å². The lowest BCUT2D eigenvalue weighted by Crippen LogP contribution is -2.47. The first-order valence-corrected chi connectivity index (χ1v) is 8.47. The molecule has 1 aliphatic heterocycles. The van der Waals surface area contributed by atoms with Gasteiger partial charge in [0, 0.05) is 5.56 Å². The molecule has 1 aliphatic rings. The average molecular weight is 345 g/mol. The fourth-order valence-electron chi connectivity index (χ4n) is 3.27. The number of nitrogens with one attached hydrogen (secondary N) is 1. The Morgan fingerprint density at radius 3 is 2.60 bits per heavy atom. The first-order valence-electron chi connectivity index (χ1n) is 8.47. The summed E-state index contributed by atoms with van der Waals surface area (Å²) in [7, 11) is 1.70. The van der Waals surface area contributed by atoms with Crippen LogP contribution in [0.4, 0.5) is 0 Å². The normalized spacial score (nSPS) is 17.9. The van der Waals surface area contributed by atoms with Crippen LogP contribution in [-0.4, -0.2) is 51.0 Å². The molecule has 2 heterocycles. The first kappa shape index (κ1) is 17.5. The minimum absolute atomic E-state index is 0.304. The number of aromatic nitrogens is 4. The summed E-state index contributed by atoms with van der Waals surface area (Å²) in [5.41, 5.74) is 0.579. The van der Waals surface area contributed by atoms with Crippen LogP contribution in [0.2, 0.25) is 0 Å². The van der Waals surface area contributed by atoms with E-state index in [1.54, 1.807) is 26.1 Å². The number of carbonyl (C=O) groups is 1. The summed E-state index contributed by atoms with van der Waals surface area (Å²) >= 11 is 0. The van der Waals surface area contributed by atoms with Gasteiger partial charge in [0.2, 0.25) is 5.82 Å². The Hall–Kier alpha value is -2.32. The molecule has 1 atom stereocenters. The quantitative estimate of drug-likeness (QED) is 0.774. The van der Waals surface area contributed by atoms with E-state index < -0.39 is 11.5 Å². The van der Waals surface area contributed by atoms with Gasteiger partial charge in [-0.05, 0) is 43.6 Å². The predicted molar refractivity (Wildman–Crippen MR) is 90.4 cm³/mol. The van der Waals surface area contributed by atoms with Gasteiger partial charge in [-0.1, -0.05) is 24.3 Å². The zero-order valence-corrected chi connectivity index (χ0v) is 14.5. The van der Waals surface area contributed by atoms with Crippen molar-refractivity contribution in [3.05, 3.63) is 29.8 Å². The van der Waals surface area contributed by atoms with Gasteiger partial charge in [-0.15, -0.1) is 10.2 Å². The average Bonchev–Trinajstić information content (AvgIpc) is 3.08. The van der Waals surface area contributed by atoms with E-state index >= 15 is 0 Å². The number of piperidine rings is 1. The van der Waals surface area contributed by atoms with Crippen molar-refractivity contribution in [1.29, 1.82) is 0 Å².